The van der Waals surface area contributed by atoms with Gasteiger partial charge in [0.15, 0.2) is 5.78 Å². The molecular weight excluding hydrogens is 246 g/mol. The molecular formula is C14H25NO4. The molecule has 0 saturated heterocycles. The Morgan fingerprint density at radius 2 is 1.84 bits per heavy atom. The van der Waals surface area contributed by atoms with Crippen molar-refractivity contribution in [3.63, 3.8) is 0 Å². The Labute approximate surface area is 115 Å². The maximum absolute atomic E-state index is 12.0. The summed E-state index contributed by atoms with van der Waals surface area (Å²) in [4.78, 5) is 23.7. The molecule has 0 bridgehead atoms. The van der Waals surface area contributed by atoms with Crippen LogP contribution in [0, 0.1) is 5.92 Å². The van der Waals surface area contributed by atoms with Gasteiger partial charge in [-0.15, -0.1) is 0 Å². The minimum Gasteiger partial charge on any atom is -0.444 e. The smallest absolute Gasteiger partial charge is 0.408 e. The lowest BCUT2D eigenvalue weighted by Crippen LogP contribution is -2.44. The number of aliphatic hydroxyl groups is 1. The first-order chi connectivity index (χ1) is 8.56. The minimum absolute atomic E-state index is 0.0849. The molecule has 110 valence electrons. The number of carbonyl (C=O) groups is 2. The Morgan fingerprint density at radius 1 is 1.32 bits per heavy atom. The third-order valence-electron chi connectivity index (χ3n) is 2.25. The van der Waals surface area contributed by atoms with E-state index in [-0.39, 0.29) is 17.3 Å². The van der Waals surface area contributed by atoms with E-state index in [4.69, 9.17) is 9.84 Å². The fraction of sp³-hybridized carbons (Fsp3) is 0.714. The largest absolute Gasteiger partial charge is 0.444 e. The van der Waals surface area contributed by atoms with Crippen LogP contribution in [-0.4, -0.2) is 35.2 Å². The molecule has 0 aliphatic rings. The highest BCUT2D eigenvalue weighted by atomic mass is 16.6. The summed E-state index contributed by atoms with van der Waals surface area (Å²) in [6.07, 6.45) is -0.172. The Hall–Kier alpha value is -1.36. The van der Waals surface area contributed by atoms with Gasteiger partial charge in [0.2, 0.25) is 0 Å². The number of ether oxygens (including phenoxy) is 1. The van der Waals surface area contributed by atoms with Gasteiger partial charge in [0.25, 0.3) is 0 Å². The van der Waals surface area contributed by atoms with Gasteiger partial charge in [0.1, 0.15) is 5.60 Å². The van der Waals surface area contributed by atoms with E-state index in [1.807, 2.05) is 13.8 Å². The van der Waals surface area contributed by atoms with Gasteiger partial charge >= 0.3 is 6.09 Å². The average Bonchev–Trinajstić information content (AvgIpc) is 2.22. The molecule has 0 fully saturated rings. The van der Waals surface area contributed by atoms with E-state index in [0.29, 0.717) is 6.42 Å². The van der Waals surface area contributed by atoms with Gasteiger partial charge in [0.05, 0.1) is 12.6 Å². The quantitative estimate of drug-likeness (QED) is 0.725. The van der Waals surface area contributed by atoms with Crippen LogP contribution in [0.25, 0.3) is 0 Å². The van der Waals surface area contributed by atoms with Crippen molar-refractivity contribution in [2.24, 2.45) is 5.92 Å². The van der Waals surface area contributed by atoms with Crippen molar-refractivity contribution in [3.8, 4) is 0 Å². The van der Waals surface area contributed by atoms with Gasteiger partial charge < -0.3 is 15.2 Å². The third-order valence-corrected chi connectivity index (χ3v) is 2.25. The zero-order valence-electron chi connectivity index (χ0n) is 12.4. The van der Waals surface area contributed by atoms with Gasteiger partial charge in [0, 0.05) is 5.57 Å². The fourth-order valence-electron chi connectivity index (χ4n) is 1.48. The van der Waals surface area contributed by atoms with E-state index < -0.39 is 24.3 Å². The van der Waals surface area contributed by atoms with Crippen molar-refractivity contribution in [1.82, 2.24) is 5.32 Å². The van der Waals surface area contributed by atoms with Gasteiger partial charge in [-0.1, -0.05) is 20.4 Å². The van der Waals surface area contributed by atoms with E-state index in [0.717, 1.165) is 0 Å². The maximum Gasteiger partial charge on any atom is 0.408 e. The second-order valence-corrected chi connectivity index (χ2v) is 5.95. The monoisotopic (exact) mass is 271 g/mol. The van der Waals surface area contributed by atoms with E-state index in [1.165, 1.54) is 0 Å². The molecule has 0 aromatic rings. The molecule has 0 aromatic carbocycles. The number of ketones is 1. The van der Waals surface area contributed by atoms with Gasteiger partial charge in [-0.05, 0) is 33.1 Å². The lowest BCUT2D eigenvalue weighted by Gasteiger charge is -2.24. The summed E-state index contributed by atoms with van der Waals surface area (Å²) in [7, 11) is 0. The predicted molar refractivity (Wildman–Crippen MR) is 73.8 cm³/mol. The number of aliphatic hydroxyl groups excluding tert-OH is 1. The van der Waals surface area contributed by atoms with E-state index >= 15 is 0 Å². The summed E-state index contributed by atoms with van der Waals surface area (Å²) in [6, 6.07) is -0.713. The molecule has 0 rings (SSSR count). The van der Waals surface area contributed by atoms with Crippen LogP contribution >= 0.6 is 0 Å². The number of amides is 1. The molecule has 0 spiro atoms. The predicted octanol–water partition coefficient (Wildman–Crippen LogP) is 2.04. The molecule has 0 aliphatic heterocycles. The van der Waals surface area contributed by atoms with Crippen LogP contribution in [0.1, 0.15) is 41.0 Å². The topological polar surface area (TPSA) is 75.6 Å². The van der Waals surface area contributed by atoms with Crippen LogP contribution in [0.5, 0.6) is 0 Å². The minimum atomic E-state index is -0.713. The normalized spacial score (nSPS) is 13.0. The number of hydrogen-bond donors (Lipinski definition) is 2. The summed E-state index contributed by atoms with van der Waals surface area (Å²) in [5, 5.41) is 11.5. The zero-order valence-corrected chi connectivity index (χ0v) is 12.4. The van der Waals surface area contributed by atoms with Crippen molar-refractivity contribution in [1.29, 1.82) is 0 Å². The highest BCUT2D eigenvalue weighted by Crippen LogP contribution is 2.12. The van der Waals surface area contributed by atoms with Crippen molar-refractivity contribution in [3.05, 3.63) is 12.2 Å². The number of carbonyl (C=O) groups excluding carboxylic acids is 2. The molecule has 0 aromatic heterocycles. The molecule has 0 heterocycles. The van der Waals surface area contributed by atoms with Gasteiger partial charge in [-0.2, -0.15) is 0 Å². The Morgan fingerprint density at radius 3 is 2.21 bits per heavy atom. The number of nitrogens with one attached hydrogen (secondary N) is 1. The average molecular weight is 271 g/mol. The van der Waals surface area contributed by atoms with Crippen molar-refractivity contribution < 1.29 is 19.4 Å². The summed E-state index contributed by atoms with van der Waals surface area (Å²) in [5.74, 6) is -0.141. The highest BCUT2D eigenvalue weighted by molar-refractivity contribution is 6.00. The second kappa shape index (κ2) is 7.28. The molecule has 5 heteroatoms. The summed E-state index contributed by atoms with van der Waals surface area (Å²) < 4.78 is 5.12. The van der Waals surface area contributed by atoms with Crippen molar-refractivity contribution in [2.45, 2.75) is 52.7 Å². The fourth-order valence-corrected chi connectivity index (χ4v) is 1.48. The SMILES string of the molecule is C=C(CO)C(=O)C(CC(C)C)NC(=O)OC(C)(C)C. The summed E-state index contributed by atoms with van der Waals surface area (Å²) >= 11 is 0. The Balaban J connectivity index is 4.73. The molecule has 0 aliphatic carbocycles. The van der Waals surface area contributed by atoms with Gasteiger partial charge in [-0.3, -0.25) is 4.79 Å². The van der Waals surface area contributed by atoms with Crippen LogP contribution in [-0.2, 0) is 9.53 Å². The number of rotatable bonds is 6. The van der Waals surface area contributed by atoms with Crippen LogP contribution in [0.4, 0.5) is 4.79 Å². The zero-order chi connectivity index (χ0) is 15.2. The van der Waals surface area contributed by atoms with Crippen molar-refractivity contribution in [2.75, 3.05) is 6.61 Å². The second-order valence-electron chi connectivity index (χ2n) is 5.95. The van der Waals surface area contributed by atoms with E-state index in [1.54, 1.807) is 20.8 Å². The summed E-state index contributed by atoms with van der Waals surface area (Å²) in [6.45, 7) is 12.2. The van der Waals surface area contributed by atoms with Crippen molar-refractivity contribution >= 4 is 11.9 Å². The van der Waals surface area contributed by atoms with Crippen LogP contribution < -0.4 is 5.32 Å². The molecule has 1 atom stereocenters. The van der Waals surface area contributed by atoms with Crippen LogP contribution in [0.3, 0.4) is 0 Å². The molecule has 1 amide bonds. The van der Waals surface area contributed by atoms with E-state index in [2.05, 4.69) is 11.9 Å². The first-order valence-electron chi connectivity index (χ1n) is 6.39. The molecule has 1 unspecified atom stereocenters. The van der Waals surface area contributed by atoms with Crippen LogP contribution in [0.15, 0.2) is 12.2 Å². The van der Waals surface area contributed by atoms with E-state index in [9.17, 15) is 9.59 Å². The number of Topliss-reactive ketones (excluding diaryl/α,β-unsaturated/α-hetero) is 1. The first-order valence-corrected chi connectivity index (χ1v) is 6.39. The molecule has 2 N–H and O–H groups in total. The summed E-state index contributed by atoms with van der Waals surface area (Å²) in [5.41, 5.74) is -0.537. The molecule has 5 nitrogen and oxygen atoms in total. The first kappa shape index (κ1) is 17.6. The molecule has 0 saturated carbocycles. The maximum atomic E-state index is 12.0. The molecule has 0 radical (unpaired) electrons. The lowest BCUT2D eigenvalue weighted by atomic mass is 9.97. The van der Waals surface area contributed by atoms with Gasteiger partial charge in [-0.25, -0.2) is 4.79 Å². The van der Waals surface area contributed by atoms with Crippen LogP contribution in [0.2, 0.25) is 0 Å². The number of hydrogen-bond acceptors (Lipinski definition) is 4. The molecule has 19 heavy (non-hydrogen) atoms. The third kappa shape index (κ3) is 7.62. The number of alkyl carbamates (subject to hydrolysis) is 1. The lowest BCUT2D eigenvalue weighted by molar-refractivity contribution is -0.118. The Bertz CT molecular complexity index is 342. The standard InChI is InChI=1S/C14H25NO4/c1-9(2)7-11(12(17)10(3)8-16)15-13(18)19-14(4,5)6/h9,11,16H,3,7-8H2,1-2,4-6H3,(H,15,18). The Kier molecular flexibility index (Phi) is 6.76. The highest BCUT2D eigenvalue weighted by Gasteiger charge is 2.26.